The summed E-state index contributed by atoms with van der Waals surface area (Å²) < 4.78 is 8.10. The first-order chi connectivity index (χ1) is 9.17. The minimum atomic E-state index is -0.268. The monoisotopic (exact) mass is 343 g/mol. The van der Waals surface area contributed by atoms with Crippen LogP contribution in [0, 0.1) is 0 Å². The van der Waals surface area contributed by atoms with Gasteiger partial charge in [-0.25, -0.2) is 4.68 Å². The maximum atomic E-state index is 11.1. The highest BCUT2D eigenvalue weighted by molar-refractivity contribution is 9.10. The second-order valence-electron chi connectivity index (χ2n) is 3.68. The van der Waals surface area contributed by atoms with Crippen LogP contribution >= 0.6 is 27.5 Å². The van der Waals surface area contributed by atoms with E-state index < -0.39 is 0 Å². The number of amides is 1. The molecule has 2 rings (SSSR count). The molecule has 0 bridgehead atoms. The highest BCUT2D eigenvalue weighted by Crippen LogP contribution is 2.16. The number of anilines is 1. The van der Waals surface area contributed by atoms with Gasteiger partial charge in [-0.1, -0.05) is 15.9 Å². The van der Waals surface area contributed by atoms with Gasteiger partial charge in [0.05, 0.1) is 18.1 Å². The van der Waals surface area contributed by atoms with Gasteiger partial charge in [-0.15, -0.1) is 11.6 Å². The molecular formula is C12H11BrClN3O2. The van der Waals surface area contributed by atoms with Crippen LogP contribution in [0.1, 0.15) is 0 Å². The average molecular weight is 345 g/mol. The van der Waals surface area contributed by atoms with E-state index in [1.54, 1.807) is 10.9 Å². The summed E-state index contributed by atoms with van der Waals surface area (Å²) in [6.45, 7) is 0.262. The Kier molecular flexibility index (Phi) is 4.81. The molecule has 0 aliphatic heterocycles. The van der Waals surface area contributed by atoms with Crippen molar-refractivity contribution >= 4 is 39.1 Å². The number of ether oxygens (including phenoxy) is 1. The fraction of sp³-hybridized carbons (Fsp3) is 0.167. The summed E-state index contributed by atoms with van der Waals surface area (Å²) in [7, 11) is 0. The van der Waals surface area contributed by atoms with Gasteiger partial charge in [-0.05, 0) is 24.3 Å². The predicted molar refractivity (Wildman–Crippen MR) is 76.3 cm³/mol. The van der Waals surface area contributed by atoms with Gasteiger partial charge >= 0.3 is 0 Å². The van der Waals surface area contributed by atoms with E-state index in [1.165, 1.54) is 6.20 Å². The minimum Gasteiger partial charge on any atom is -0.471 e. The van der Waals surface area contributed by atoms with E-state index in [2.05, 4.69) is 26.3 Å². The molecule has 7 heteroatoms. The third-order valence-electron chi connectivity index (χ3n) is 2.22. The zero-order valence-electron chi connectivity index (χ0n) is 9.85. The number of nitrogens with one attached hydrogen (secondary N) is 1. The van der Waals surface area contributed by atoms with Crippen molar-refractivity contribution in [1.82, 2.24) is 9.78 Å². The van der Waals surface area contributed by atoms with E-state index in [0.717, 1.165) is 10.2 Å². The number of rotatable bonds is 5. The molecule has 0 fully saturated rings. The molecule has 0 radical (unpaired) electrons. The maximum Gasteiger partial charge on any atom is 0.239 e. The van der Waals surface area contributed by atoms with Crippen molar-refractivity contribution < 1.29 is 9.53 Å². The van der Waals surface area contributed by atoms with Crippen LogP contribution < -0.4 is 10.1 Å². The molecule has 0 saturated carbocycles. The average Bonchev–Trinajstić information content (AvgIpc) is 2.85. The fourth-order valence-corrected chi connectivity index (χ4v) is 1.70. The summed E-state index contributed by atoms with van der Waals surface area (Å²) in [5.74, 6) is 0.390. The van der Waals surface area contributed by atoms with Crippen molar-refractivity contribution in [3.63, 3.8) is 0 Å². The Morgan fingerprint density at radius 1 is 1.42 bits per heavy atom. The standard InChI is InChI=1S/C12H11BrClN3O2/c13-9-1-3-11(4-2-9)19-8-17-7-10(6-15-17)16-12(18)5-14/h1-4,6-7H,5,8H2,(H,16,18). The van der Waals surface area contributed by atoms with Crippen LogP contribution in [0.2, 0.25) is 0 Å². The molecule has 0 aliphatic carbocycles. The fourth-order valence-electron chi connectivity index (χ4n) is 1.36. The third kappa shape index (κ3) is 4.25. The SMILES string of the molecule is O=C(CCl)Nc1cnn(COc2ccc(Br)cc2)c1. The summed E-state index contributed by atoms with van der Waals surface area (Å²) in [6, 6.07) is 7.49. The molecule has 1 N–H and O–H groups in total. The lowest BCUT2D eigenvalue weighted by molar-refractivity contribution is -0.113. The molecule has 0 aliphatic rings. The Balaban J connectivity index is 1.89. The number of alkyl halides is 1. The number of hydrogen-bond acceptors (Lipinski definition) is 3. The Labute approximate surface area is 123 Å². The van der Waals surface area contributed by atoms with Crippen molar-refractivity contribution in [2.75, 3.05) is 11.2 Å². The summed E-state index contributed by atoms with van der Waals surface area (Å²) in [6.07, 6.45) is 3.21. The van der Waals surface area contributed by atoms with Crippen molar-refractivity contribution in [2.24, 2.45) is 0 Å². The van der Waals surface area contributed by atoms with E-state index in [-0.39, 0.29) is 18.5 Å². The zero-order valence-corrected chi connectivity index (χ0v) is 12.2. The number of aromatic nitrogens is 2. The van der Waals surface area contributed by atoms with E-state index in [4.69, 9.17) is 16.3 Å². The van der Waals surface area contributed by atoms with Gasteiger partial charge < -0.3 is 10.1 Å². The Morgan fingerprint density at radius 3 is 2.84 bits per heavy atom. The van der Waals surface area contributed by atoms with Gasteiger partial charge in [0.1, 0.15) is 11.6 Å². The highest BCUT2D eigenvalue weighted by atomic mass is 79.9. The van der Waals surface area contributed by atoms with Gasteiger partial charge in [0.15, 0.2) is 6.73 Å². The molecule has 100 valence electrons. The van der Waals surface area contributed by atoms with Gasteiger partial charge in [-0.3, -0.25) is 4.79 Å². The zero-order chi connectivity index (χ0) is 13.7. The van der Waals surface area contributed by atoms with Crippen LogP contribution in [0.15, 0.2) is 41.1 Å². The highest BCUT2D eigenvalue weighted by Gasteiger charge is 2.03. The number of carbonyl (C=O) groups is 1. The Bertz CT molecular complexity index is 556. The van der Waals surface area contributed by atoms with Crippen molar-refractivity contribution in [1.29, 1.82) is 0 Å². The minimum absolute atomic E-state index is 0.0828. The molecule has 1 aromatic carbocycles. The number of halogens is 2. The Morgan fingerprint density at radius 2 is 2.16 bits per heavy atom. The summed E-state index contributed by atoms with van der Waals surface area (Å²) >= 11 is 8.75. The topological polar surface area (TPSA) is 56.2 Å². The maximum absolute atomic E-state index is 11.1. The largest absolute Gasteiger partial charge is 0.471 e. The van der Waals surface area contributed by atoms with E-state index in [9.17, 15) is 4.79 Å². The van der Waals surface area contributed by atoms with Crippen LogP contribution in [0.5, 0.6) is 5.75 Å². The molecular weight excluding hydrogens is 334 g/mol. The molecule has 0 unspecified atom stereocenters. The van der Waals surface area contributed by atoms with Gasteiger partial charge in [0, 0.05) is 4.47 Å². The van der Waals surface area contributed by atoms with Crippen molar-refractivity contribution in [3.8, 4) is 5.75 Å². The lowest BCUT2D eigenvalue weighted by Gasteiger charge is -2.05. The first-order valence-electron chi connectivity index (χ1n) is 5.44. The smallest absolute Gasteiger partial charge is 0.239 e. The molecule has 1 heterocycles. The summed E-state index contributed by atoms with van der Waals surface area (Å²) in [5.41, 5.74) is 0.588. The predicted octanol–water partition coefficient (Wildman–Crippen LogP) is 2.86. The number of benzene rings is 1. The summed E-state index contributed by atoms with van der Waals surface area (Å²) in [4.78, 5) is 11.1. The van der Waals surface area contributed by atoms with Crippen LogP contribution in [-0.4, -0.2) is 21.6 Å². The van der Waals surface area contributed by atoms with Crippen LogP contribution in [-0.2, 0) is 11.5 Å². The Hall–Kier alpha value is -1.53. The van der Waals surface area contributed by atoms with Crippen molar-refractivity contribution in [3.05, 3.63) is 41.1 Å². The number of nitrogens with zero attached hydrogens (tertiary/aromatic N) is 2. The first kappa shape index (κ1) is 13.9. The normalized spacial score (nSPS) is 10.2. The molecule has 19 heavy (non-hydrogen) atoms. The van der Waals surface area contributed by atoms with Gasteiger partial charge in [0.2, 0.25) is 5.91 Å². The molecule has 0 spiro atoms. The van der Waals surface area contributed by atoms with E-state index >= 15 is 0 Å². The molecule has 0 saturated heterocycles. The van der Waals surface area contributed by atoms with Crippen molar-refractivity contribution in [2.45, 2.75) is 6.73 Å². The first-order valence-corrected chi connectivity index (χ1v) is 6.77. The second kappa shape index (κ2) is 6.58. The second-order valence-corrected chi connectivity index (χ2v) is 4.86. The number of hydrogen-bond donors (Lipinski definition) is 1. The van der Waals surface area contributed by atoms with Crippen LogP contribution in [0.3, 0.4) is 0 Å². The van der Waals surface area contributed by atoms with Gasteiger partial charge in [0.25, 0.3) is 0 Å². The molecule has 0 atom stereocenters. The molecule has 2 aromatic rings. The molecule has 5 nitrogen and oxygen atoms in total. The lowest BCUT2D eigenvalue weighted by Crippen LogP contribution is -2.12. The number of carbonyl (C=O) groups excluding carboxylic acids is 1. The summed E-state index contributed by atoms with van der Waals surface area (Å²) in [5, 5.41) is 6.66. The van der Waals surface area contributed by atoms with E-state index in [1.807, 2.05) is 24.3 Å². The lowest BCUT2D eigenvalue weighted by atomic mass is 10.3. The molecule has 1 aromatic heterocycles. The van der Waals surface area contributed by atoms with Crippen LogP contribution in [0.25, 0.3) is 0 Å². The molecule has 1 amide bonds. The van der Waals surface area contributed by atoms with E-state index in [0.29, 0.717) is 5.69 Å². The third-order valence-corrected chi connectivity index (χ3v) is 2.99. The van der Waals surface area contributed by atoms with Crippen LogP contribution in [0.4, 0.5) is 5.69 Å². The van der Waals surface area contributed by atoms with Gasteiger partial charge in [-0.2, -0.15) is 5.10 Å². The quantitative estimate of drug-likeness (QED) is 0.849.